The van der Waals surface area contributed by atoms with Gasteiger partial charge in [0.25, 0.3) is 6.43 Å². The van der Waals surface area contributed by atoms with Crippen molar-refractivity contribution >= 4 is 5.97 Å². The van der Waals surface area contributed by atoms with E-state index in [1.54, 1.807) is 0 Å². The van der Waals surface area contributed by atoms with E-state index in [9.17, 15) is 26.7 Å². The lowest BCUT2D eigenvalue weighted by Gasteiger charge is -2.15. The van der Waals surface area contributed by atoms with E-state index < -0.39 is 41.3 Å². The van der Waals surface area contributed by atoms with E-state index in [0.29, 0.717) is 0 Å². The lowest BCUT2D eigenvalue weighted by atomic mass is 10.1. The number of aromatic nitrogens is 1. The van der Waals surface area contributed by atoms with E-state index in [1.807, 2.05) is 0 Å². The van der Waals surface area contributed by atoms with Crippen LogP contribution in [-0.4, -0.2) is 23.2 Å². The first-order valence-electron chi connectivity index (χ1n) is 4.36. The summed E-state index contributed by atoms with van der Waals surface area (Å²) < 4.78 is 67.1. The second-order valence-corrected chi connectivity index (χ2v) is 3.08. The number of ether oxygens (including phenoxy) is 1. The molecule has 9 heteroatoms. The molecular weight excluding hydrogens is 265 g/mol. The number of methoxy groups -OCH3 is 1. The molecule has 0 saturated heterocycles. The zero-order chi connectivity index (χ0) is 14.1. The molecule has 0 aliphatic heterocycles. The number of pyridine rings is 1. The van der Waals surface area contributed by atoms with Gasteiger partial charge in [-0.2, -0.15) is 13.2 Å². The largest absolute Gasteiger partial charge is 0.481 e. The molecule has 18 heavy (non-hydrogen) atoms. The Balaban J connectivity index is 3.62. The fourth-order valence-electron chi connectivity index (χ4n) is 1.25. The molecule has 100 valence electrons. The number of halogens is 5. The van der Waals surface area contributed by atoms with E-state index in [2.05, 4.69) is 9.72 Å². The van der Waals surface area contributed by atoms with Gasteiger partial charge < -0.3 is 9.84 Å². The molecule has 0 aliphatic rings. The Kier molecular flexibility index (Phi) is 3.73. The number of rotatable bonds is 3. The minimum atomic E-state index is -5.12. The first-order valence-corrected chi connectivity index (χ1v) is 4.36. The lowest BCUT2D eigenvalue weighted by molar-refractivity contribution is -0.141. The van der Waals surface area contributed by atoms with Crippen LogP contribution in [0.3, 0.4) is 0 Å². The Morgan fingerprint density at radius 1 is 1.44 bits per heavy atom. The normalized spacial score (nSPS) is 11.7. The van der Waals surface area contributed by atoms with Crippen molar-refractivity contribution < 1.29 is 36.6 Å². The van der Waals surface area contributed by atoms with Gasteiger partial charge in [-0.05, 0) is 6.07 Å². The van der Waals surface area contributed by atoms with Crippen LogP contribution in [0.2, 0.25) is 0 Å². The van der Waals surface area contributed by atoms with Crippen molar-refractivity contribution in [1.82, 2.24) is 4.98 Å². The molecule has 1 rings (SSSR count). The summed E-state index contributed by atoms with van der Waals surface area (Å²) in [5.41, 5.74) is -4.20. The van der Waals surface area contributed by atoms with Gasteiger partial charge in [-0.15, -0.1) is 0 Å². The van der Waals surface area contributed by atoms with Crippen molar-refractivity contribution in [2.75, 3.05) is 7.11 Å². The molecule has 0 aromatic carbocycles. The number of hydrogen-bond donors (Lipinski definition) is 1. The van der Waals surface area contributed by atoms with Gasteiger partial charge in [-0.1, -0.05) is 0 Å². The summed E-state index contributed by atoms with van der Waals surface area (Å²) in [4.78, 5) is 13.6. The average molecular weight is 271 g/mol. The molecule has 0 fully saturated rings. The summed E-state index contributed by atoms with van der Waals surface area (Å²) in [6, 6.07) is 0.179. The summed E-state index contributed by atoms with van der Waals surface area (Å²) in [5.74, 6) is -2.93. The number of alkyl halides is 5. The number of carbonyl (C=O) groups is 1. The molecule has 1 N–H and O–H groups in total. The van der Waals surface area contributed by atoms with Gasteiger partial charge in [0.2, 0.25) is 5.88 Å². The van der Waals surface area contributed by atoms with Gasteiger partial charge in [-0.25, -0.2) is 18.6 Å². The second kappa shape index (κ2) is 4.75. The Hall–Kier alpha value is -1.93. The van der Waals surface area contributed by atoms with Crippen molar-refractivity contribution in [1.29, 1.82) is 0 Å². The van der Waals surface area contributed by atoms with Crippen molar-refractivity contribution in [3.8, 4) is 5.88 Å². The van der Waals surface area contributed by atoms with Crippen molar-refractivity contribution in [3.05, 3.63) is 22.9 Å². The number of aromatic carboxylic acids is 1. The fraction of sp³-hybridized carbons (Fsp3) is 0.333. The SMILES string of the molecule is COc1nc(C(=O)O)cc(C(F)F)c1C(F)(F)F. The standard InChI is InChI=1S/C9H6F5NO3/c1-18-7-5(9(12,13)14)3(6(10)11)2-4(15-7)8(16)17/h2,6H,1H3,(H,16,17). The number of carboxylic acids is 1. The van der Waals surface area contributed by atoms with Crippen LogP contribution in [0.4, 0.5) is 22.0 Å². The molecule has 0 aliphatic carbocycles. The Bertz CT molecular complexity index is 472. The van der Waals surface area contributed by atoms with E-state index in [1.165, 1.54) is 0 Å². The zero-order valence-electron chi connectivity index (χ0n) is 8.76. The van der Waals surface area contributed by atoms with Crippen LogP contribution >= 0.6 is 0 Å². The van der Waals surface area contributed by atoms with Gasteiger partial charge in [0.05, 0.1) is 7.11 Å². The number of hydrogen-bond acceptors (Lipinski definition) is 3. The highest BCUT2D eigenvalue weighted by Gasteiger charge is 2.41. The molecular formula is C9H6F5NO3. The zero-order valence-corrected chi connectivity index (χ0v) is 8.76. The molecule has 0 radical (unpaired) electrons. The quantitative estimate of drug-likeness (QED) is 0.859. The van der Waals surface area contributed by atoms with E-state index in [4.69, 9.17) is 5.11 Å². The highest BCUT2D eigenvalue weighted by molar-refractivity contribution is 5.86. The van der Waals surface area contributed by atoms with Crippen LogP contribution in [0.1, 0.15) is 28.0 Å². The molecule has 0 amide bonds. The lowest BCUT2D eigenvalue weighted by Crippen LogP contribution is -2.15. The monoisotopic (exact) mass is 271 g/mol. The maximum Gasteiger partial charge on any atom is 0.422 e. The Morgan fingerprint density at radius 2 is 2.00 bits per heavy atom. The molecule has 0 saturated carbocycles. The summed E-state index contributed by atoms with van der Waals surface area (Å²) in [5, 5.41) is 8.56. The average Bonchev–Trinajstić information content (AvgIpc) is 2.25. The summed E-state index contributed by atoms with van der Waals surface area (Å²) >= 11 is 0. The third kappa shape index (κ3) is 2.66. The molecule has 4 nitrogen and oxygen atoms in total. The van der Waals surface area contributed by atoms with E-state index in [0.717, 1.165) is 7.11 Å². The molecule has 1 aromatic heterocycles. The second-order valence-electron chi connectivity index (χ2n) is 3.08. The van der Waals surface area contributed by atoms with Gasteiger partial charge in [0.1, 0.15) is 5.56 Å². The predicted molar refractivity (Wildman–Crippen MR) is 47.7 cm³/mol. The predicted octanol–water partition coefficient (Wildman–Crippen LogP) is 2.74. The minimum Gasteiger partial charge on any atom is -0.481 e. The van der Waals surface area contributed by atoms with Gasteiger partial charge >= 0.3 is 12.1 Å². The Morgan fingerprint density at radius 3 is 2.33 bits per heavy atom. The maximum absolute atomic E-state index is 12.6. The van der Waals surface area contributed by atoms with Crippen molar-refractivity contribution in [2.45, 2.75) is 12.6 Å². The topological polar surface area (TPSA) is 59.4 Å². The highest BCUT2D eigenvalue weighted by atomic mass is 19.4. The molecule has 1 aromatic rings. The first-order chi connectivity index (χ1) is 8.18. The summed E-state index contributed by atoms with van der Waals surface area (Å²) in [6.45, 7) is 0. The maximum atomic E-state index is 12.6. The van der Waals surface area contributed by atoms with Crippen LogP contribution in [-0.2, 0) is 6.18 Å². The van der Waals surface area contributed by atoms with Crippen LogP contribution < -0.4 is 4.74 Å². The third-order valence-electron chi connectivity index (χ3n) is 1.95. The van der Waals surface area contributed by atoms with Gasteiger partial charge in [0, 0.05) is 5.56 Å². The molecule has 0 bridgehead atoms. The van der Waals surface area contributed by atoms with Crippen LogP contribution in [0.25, 0.3) is 0 Å². The summed E-state index contributed by atoms with van der Waals surface area (Å²) in [7, 11) is 0.776. The van der Waals surface area contributed by atoms with E-state index in [-0.39, 0.29) is 6.07 Å². The van der Waals surface area contributed by atoms with Crippen LogP contribution in [0, 0.1) is 0 Å². The van der Waals surface area contributed by atoms with Gasteiger partial charge in [-0.3, -0.25) is 0 Å². The molecule has 1 heterocycles. The molecule has 0 spiro atoms. The Labute approximate surface area is 97.0 Å². The minimum absolute atomic E-state index is 0.179. The third-order valence-corrected chi connectivity index (χ3v) is 1.95. The smallest absolute Gasteiger partial charge is 0.422 e. The fourth-order valence-corrected chi connectivity index (χ4v) is 1.25. The van der Waals surface area contributed by atoms with Crippen molar-refractivity contribution in [3.63, 3.8) is 0 Å². The first kappa shape index (κ1) is 14.1. The van der Waals surface area contributed by atoms with Crippen LogP contribution in [0.15, 0.2) is 6.07 Å². The number of nitrogens with zero attached hydrogens (tertiary/aromatic N) is 1. The van der Waals surface area contributed by atoms with Crippen molar-refractivity contribution in [2.24, 2.45) is 0 Å². The molecule has 0 atom stereocenters. The summed E-state index contributed by atoms with van der Waals surface area (Å²) in [6.07, 6.45) is -8.63. The molecule has 0 unspecified atom stereocenters. The highest BCUT2D eigenvalue weighted by Crippen LogP contribution is 2.41. The van der Waals surface area contributed by atoms with Gasteiger partial charge in [0.15, 0.2) is 5.69 Å². The number of carboxylic acid groups (broad SMARTS) is 1. The van der Waals surface area contributed by atoms with Crippen LogP contribution in [0.5, 0.6) is 5.88 Å². The van der Waals surface area contributed by atoms with E-state index >= 15 is 0 Å².